The predicted molar refractivity (Wildman–Crippen MR) is 122 cm³/mol. The summed E-state index contributed by atoms with van der Waals surface area (Å²) in [5.41, 5.74) is 0.563. The van der Waals surface area contributed by atoms with Crippen molar-refractivity contribution in [1.82, 2.24) is 9.97 Å². The fourth-order valence-corrected chi connectivity index (χ4v) is 6.21. The fraction of sp³-hybridized carbons (Fsp3) is 0.333. The van der Waals surface area contributed by atoms with Crippen molar-refractivity contribution in [2.24, 2.45) is 5.92 Å². The molecule has 176 valence electrons. The monoisotopic (exact) mass is 517 g/mol. The van der Waals surface area contributed by atoms with Gasteiger partial charge in [-0.3, -0.25) is 4.72 Å². The Balaban J connectivity index is 1.77. The van der Waals surface area contributed by atoms with Crippen LogP contribution in [0.3, 0.4) is 0 Å². The molecular weight excluding hydrogens is 499 g/mol. The Labute approximate surface area is 198 Å². The number of aromatic nitrogens is 2. The van der Waals surface area contributed by atoms with Gasteiger partial charge in [0, 0.05) is 5.92 Å². The Morgan fingerprint density at radius 1 is 1.03 bits per heavy atom. The molecule has 0 radical (unpaired) electrons. The van der Waals surface area contributed by atoms with Gasteiger partial charge in [0.25, 0.3) is 15.9 Å². The maximum atomic E-state index is 14.0. The first kappa shape index (κ1) is 23.9. The number of sulfonamides is 1. The molecule has 1 aliphatic heterocycles. The van der Waals surface area contributed by atoms with Crippen LogP contribution in [0.1, 0.15) is 12.8 Å². The van der Waals surface area contributed by atoms with Crippen molar-refractivity contribution in [1.29, 1.82) is 0 Å². The van der Waals surface area contributed by atoms with Crippen LogP contribution in [0.2, 0.25) is 5.02 Å². The van der Waals surface area contributed by atoms with Crippen LogP contribution in [-0.4, -0.2) is 42.2 Å². The summed E-state index contributed by atoms with van der Waals surface area (Å²) in [4.78, 5) is 8.13. The minimum absolute atomic E-state index is 0.0471. The number of nitrogens with zero attached hydrogens (tertiary/aromatic N) is 2. The van der Waals surface area contributed by atoms with Gasteiger partial charge in [-0.25, -0.2) is 18.4 Å². The van der Waals surface area contributed by atoms with Crippen molar-refractivity contribution < 1.29 is 26.3 Å². The van der Waals surface area contributed by atoms with Crippen molar-refractivity contribution in [3.05, 3.63) is 53.6 Å². The van der Waals surface area contributed by atoms with Crippen LogP contribution in [0.4, 0.5) is 19.0 Å². The Bertz CT molecular complexity index is 1250. The molecule has 0 amide bonds. The van der Waals surface area contributed by atoms with E-state index in [-0.39, 0.29) is 15.4 Å². The normalized spacial score (nSPS) is 16.5. The Morgan fingerprint density at radius 3 is 2.27 bits per heavy atom. The lowest BCUT2D eigenvalue weighted by molar-refractivity contribution is -0.211. The molecule has 2 aromatic carbocycles. The molecule has 6 nitrogen and oxygen atoms in total. The lowest BCUT2D eigenvalue weighted by Gasteiger charge is -2.31. The molecule has 3 aromatic rings. The average Bonchev–Trinajstić information content (AvgIpc) is 2.77. The predicted octanol–water partition coefficient (Wildman–Crippen LogP) is 5.54. The molecule has 2 heterocycles. The molecule has 1 unspecified atom stereocenters. The van der Waals surface area contributed by atoms with Gasteiger partial charge >= 0.3 is 6.18 Å². The molecule has 4 rings (SSSR count). The molecule has 0 bridgehead atoms. The molecule has 0 aliphatic carbocycles. The highest BCUT2D eigenvalue weighted by atomic mass is 35.5. The maximum absolute atomic E-state index is 14.0. The number of thioether (sulfide) groups is 1. The molecule has 1 saturated heterocycles. The second kappa shape index (κ2) is 9.55. The lowest BCUT2D eigenvalue weighted by atomic mass is 9.95. The molecule has 1 fully saturated rings. The maximum Gasteiger partial charge on any atom is 0.425 e. The smallest absolute Gasteiger partial charge is 0.425 e. The summed E-state index contributed by atoms with van der Waals surface area (Å²) in [6.45, 7) is 0. The third-order valence-electron chi connectivity index (χ3n) is 5.15. The van der Waals surface area contributed by atoms with Crippen LogP contribution in [0.5, 0.6) is 5.88 Å². The van der Waals surface area contributed by atoms with Crippen molar-refractivity contribution in [2.75, 3.05) is 16.2 Å². The van der Waals surface area contributed by atoms with Gasteiger partial charge in [-0.05, 0) is 48.6 Å². The molecule has 0 saturated carbocycles. The molecule has 1 aliphatic rings. The van der Waals surface area contributed by atoms with E-state index >= 15 is 0 Å². The van der Waals surface area contributed by atoms with Gasteiger partial charge in [-0.2, -0.15) is 24.9 Å². The van der Waals surface area contributed by atoms with E-state index in [4.69, 9.17) is 16.3 Å². The number of anilines is 1. The van der Waals surface area contributed by atoms with Crippen molar-refractivity contribution >= 4 is 50.2 Å². The summed E-state index contributed by atoms with van der Waals surface area (Å²) in [5, 5.41) is -0.0471. The zero-order valence-electron chi connectivity index (χ0n) is 17.0. The molecule has 1 aromatic heterocycles. The highest BCUT2D eigenvalue weighted by Crippen LogP contribution is 2.38. The molecule has 12 heteroatoms. The zero-order chi connectivity index (χ0) is 23.6. The Hall–Kier alpha value is -2.24. The zero-order valence-corrected chi connectivity index (χ0v) is 19.4. The summed E-state index contributed by atoms with van der Waals surface area (Å²) < 4.78 is 75.4. The standard InChI is InChI=1S/C21H19ClF3N3O3S2/c22-14-5-1-4-8-17(14)33(29,30)28-19-20(27-16-7-3-2-6-15(16)26-19)31-18(21(23,24)25)13-9-11-32-12-10-13/h1-8,13,18H,9-12H2,(H,26,28). The van der Waals surface area contributed by atoms with Crippen molar-refractivity contribution in [3.8, 4) is 5.88 Å². The first-order chi connectivity index (χ1) is 15.6. The summed E-state index contributed by atoms with van der Waals surface area (Å²) in [6.07, 6.45) is -6.15. The largest absolute Gasteiger partial charge is 0.462 e. The van der Waals surface area contributed by atoms with Gasteiger partial charge in [-0.15, -0.1) is 0 Å². The fourth-order valence-electron chi connectivity index (χ4n) is 3.55. The number of nitrogens with one attached hydrogen (secondary N) is 1. The first-order valence-corrected chi connectivity index (χ1v) is 13.0. The topological polar surface area (TPSA) is 81.2 Å². The average molecular weight is 518 g/mol. The highest BCUT2D eigenvalue weighted by Gasteiger charge is 2.47. The van der Waals surface area contributed by atoms with Gasteiger partial charge in [0.1, 0.15) is 4.90 Å². The van der Waals surface area contributed by atoms with Crippen LogP contribution >= 0.6 is 23.4 Å². The minimum Gasteiger partial charge on any atom is -0.462 e. The molecule has 1 atom stereocenters. The lowest BCUT2D eigenvalue weighted by Crippen LogP contribution is -2.42. The second-order valence-electron chi connectivity index (χ2n) is 7.43. The number of halogens is 4. The summed E-state index contributed by atoms with van der Waals surface area (Å²) in [5.74, 6) is -0.558. The van der Waals surface area contributed by atoms with E-state index in [9.17, 15) is 21.6 Å². The van der Waals surface area contributed by atoms with Crippen LogP contribution in [-0.2, 0) is 10.0 Å². The summed E-state index contributed by atoms with van der Waals surface area (Å²) in [7, 11) is -4.28. The summed E-state index contributed by atoms with van der Waals surface area (Å²) >= 11 is 7.61. The minimum atomic E-state index is -4.67. The van der Waals surface area contributed by atoms with E-state index < -0.39 is 39.9 Å². The van der Waals surface area contributed by atoms with Crippen LogP contribution in [0.15, 0.2) is 53.4 Å². The van der Waals surface area contributed by atoms with E-state index in [1.165, 1.54) is 18.2 Å². The van der Waals surface area contributed by atoms with Gasteiger partial charge in [0.05, 0.1) is 16.1 Å². The number of para-hydroxylation sites is 2. The number of hydrogen-bond acceptors (Lipinski definition) is 6. The highest BCUT2D eigenvalue weighted by molar-refractivity contribution is 7.99. The van der Waals surface area contributed by atoms with Gasteiger partial charge in [0.15, 0.2) is 6.10 Å². The Morgan fingerprint density at radius 2 is 1.64 bits per heavy atom. The van der Waals surface area contributed by atoms with E-state index in [2.05, 4.69) is 14.7 Å². The van der Waals surface area contributed by atoms with E-state index in [1.807, 2.05) is 0 Å². The van der Waals surface area contributed by atoms with Gasteiger partial charge in [-0.1, -0.05) is 35.9 Å². The van der Waals surface area contributed by atoms with Crippen LogP contribution < -0.4 is 9.46 Å². The molecule has 33 heavy (non-hydrogen) atoms. The van der Waals surface area contributed by atoms with Crippen molar-refractivity contribution in [3.63, 3.8) is 0 Å². The number of hydrogen-bond donors (Lipinski definition) is 1. The number of rotatable bonds is 6. The number of benzene rings is 2. The molecular formula is C21H19ClF3N3O3S2. The van der Waals surface area contributed by atoms with E-state index in [0.717, 1.165) is 0 Å². The third kappa shape index (κ3) is 5.47. The van der Waals surface area contributed by atoms with Crippen LogP contribution in [0.25, 0.3) is 11.0 Å². The molecule has 1 N–H and O–H groups in total. The number of ether oxygens (including phenoxy) is 1. The SMILES string of the molecule is O=S(=O)(Nc1nc2ccccc2nc1OC(C1CCSCC1)C(F)(F)F)c1ccccc1Cl. The molecule has 0 spiro atoms. The second-order valence-corrected chi connectivity index (χ2v) is 10.7. The van der Waals surface area contributed by atoms with Crippen molar-refractivity contribution in [2.45, 2.75) is 30.0 Å². The number of fused-ring (bicyclic) bond motifs is 1. The van der Waals surface area contributed by atoms with E-state index in [0.29, 0.717) is 29.9 Å². The third-order valence-corrected chi connectivity index (χ3v) is 8.04. The number of alkyl halides is 3. The Kier molecular flexibility index (Phi) is 6.92. The quantitative estimate of drug-likeness (QED) is 0.462. The van der Waals surface area contributed by atoms with Gasteiger partial charge in [0.2, 0.25) is 5.82 Å². The first-order valence-electron chi connectivity index (χ1n) is 10.0. The van der Waals surface area contributed by atoms with Gasteiger partial charge < -0.3 is 4.74 Å². The van der Waals surface area contributed by atoms with E-state index in [1.54, 1.807) is 42.1 Å². The van der Waals surface area contributed by atoms with Crippen LogP contribution in [0, 0.1) is 5.92 Å². The summed E-state index contributed by atoms with van der Waals surface area (Å²) in [6, 6.07) is 12.1.